The number of rotatable bonds is 7. The number of carbonyl (C=O) groups excluding carboxylic acids is 1. The molecule has 1 aromatic carbocycles. The van der Waals surface area contributed by atoms with Gasteiger partial charge < -0.3 is 5.32 Å². The maximum Gasteiger partial charge on any atom is 0.224 e. The Morgan fingerprint density at radius 3 is 2.85 bits per heavy atom. The number of hydrogen-bond acceptors (Lipinski definition) is 5. The number of aliphatic imine (C=N–C) groups is 1. The molecule has 34 heavy (non-hydrogen) atoms. The summed E-state index contributed by atoms with van der Waals surface area (Å²) in [5.74, 6) is -0.380. The van der Waals surface area contributed by atoms with Crippen LogP contribution in [0.25, 0.3) is 21.8 Å². The van der Waals surface area contributed by atoms with Crippen LogP contribution < -0.4 is 5.32 Å². The quantitative estimate of drug-likeness (QED) is 0.345. The Morgan fingerprint density at radius 1 is 1.38 bits per heavy atom. The summed E-state index contributed by atoms with van der Waals surface area (Å²) < 4.78 is 17.1. The topological polar surface area (TPSA) is 72.2 Å². The van der Waals surface area contributed by atoms with E-state index >= 15 is 4.39 Å². The highest BCUT2D eigenvalue weighted by Crippen LogP contribution is 2.42. The third-order valence-corrected chi connectivity index (χ3v) is 6.53. The summed E-state index contributed by atoms with van der Waals surface area (Å²) in [7, 11) is 1.71. The number of hydrogen-bond donors (Lipinski definition) is 1. The van der Waals surface area contributed by atoms with E-state index in [1.54, 1.807) is 47.5 Å². The molecule has 0 atom stereocenters. The van der Waals surface area contributed by atoms with Crippen LogP contribution in [0.3, 0.4) is 0 Å². The summed E-state index contributed by atoms with van der Waals surface area (Å²) in [5, 5.41) is 8.60. The van der Waals surface area contributed by atoms with Crippen molar-refractivity contribution >= 4 is 34.7 Å². The molecule has 1 aliphatic carbocycles. The molecule has 1 aliphatic rings. The average Bonchev–Trinajstić information content (AvgIpc) is 3.33. The van der Waals surface area contributed by atoms with Gasteiger partial charge >= 0.3 is 0 Å². The second-order valence-corrected chi connectivity index (χ2v) is 9.86. The van der Waals surface area contributed by atoms with Crippen LogP contribution in [0.5, 0.6) is 0 Å². The van der Waals surface area contributed by atoms with E-state index in [1.807, 2.05) is 26.8 Å². The smallest absolute Gasteiger partial charge is 0.224 e. The number of benzene rings is 1. The number of amides is 1. The molecule has 0 aliphatic heterocycles. The fourth-order valence-electron chi connectivity index (χ4n) is 4.18. The lowest BCUT2D eigenvalue weighted by atomic mass is 9.95. The standard InChI is InChI=1S/C26H28FN5OS/c1-6-7-17(14-28-5)24-19-9-10-21-26(34-16(4)29-21)25(19)32(31-24)22-11-8-18(13-20(22)27)30-23(33)12-15(2)3/h6-8,11,13-15H,1,9-10,12H2,2-5H3,(H,30,33)/b17-7+,28-14?. The van der Waals surface area contributed by atoms with Gasteiger partial charge in [-0.3, -0.25) is 9.79 Å². The SMILES string of the molecule is C=C/C=C(\C=NC)c1nn(-c2ccc(NC(=O)CC(C)C)cc2F)c2c1CCc1nc(C)sc1-2. The van der Waals surface area contributed by atoms with Crippen molar-refractivity contribution < 1.29 is 9.18 Å². The second kappa shape index (κ2) is 9.85. The maximum absolute atomic E-state index is 15.4. The van der Waals surface area contributed by atoms with Crippen molar-refractivity contribution in [3.05, 3.63) is 64.7 Å². The van der Waals surface area contributed by atoms with Gasteiger partial charge in [0.25, 0.3) is 0 Å². The van der Waals surface area contributed by atoms with Crippen LogP contribution >= 0.6 is 11.3 Å². The van der Waals surface area contributed by atoms with Crippen molar-refractivity contribution in [1.82, 2.24) is 14.8 Å². The van der Waals surface area contributed by atoms with E-state index < -0.39 is 5.82 Å². The zero-order valence-electron chi connectivity index (χ0n) is 19.9. The molecule has 0 unspecified atom stereocenters. The molecule has 3 aromatic rings. The first kappa shape index (κ1) is 23.8. The van der Waals surface area contributed by atoms with Crippen LogP contribution in [-0.2, 0) is 17.6 Å². The van der Waals surface area contributed by atoms with Crippen molar-refractivity contribution in [1.29, 1.82) is 0 Å². The highest BCUT2D eigenvalue weighted by molar-refractivity contribution is 7.15. The van der Waals surface area contributed by atoms with Crippen molar-refractivity contribution in [3.63, 3.8) is 0 Å². The number of aryl methyl sites for hydroxylation is 2. The predicted octanol–water partition coefficient (Wildman–Crippen LogP) is 5.80. The number of thiazole rings is 1. The largest absolute Gasteiger partial charge is 0.326 e. The summed E-state index contributed by atoms with van der Waals surface area (Å²) in [6.45, 7) is 9.73. The molecule has 0 fully saturated rings. The maximum atomic E-state index is 15.4. The number of nitrogens with zero attached hydrogens (tertiary/aromatic N) is 4. The molecular weight excluding hydrogens is 449 g/mol. The lowest BCUT2D eigenvalue weighted by Gasteiger charge is -2.15. The third-order valence-electron chi connectivity index (χ3n) is 5.51. The third kappa shape index (κ3) is 4.63. The minimum Gasteiger partial charge on any atom is -0.326 e. The molecule has 8 heteroatoms. The molecule has 4 rings (SSSR count). The minimum atomic E-state index is -0.467. The Balaban J connectivity index is 1.85. The first-order chi connectivity index (χ1) is 16.3. The van der Waals surface area contributed by atoms with E-state index in [2.05, 4.69) is 21.9 Å². The van der Waals surface area contributed by atoms with Gasteiger partial charge in [0, 0.05) is 36.5 Å². The van der Waals surface area contributed by atoms with E-state index in [4.69, 9.17) is 5.10 Å². The van der Waals surface area contributed by atoms with Crippen LogP contribution in [0.1, 0.15) is 42.2 Å². The molecular formula is C26H28FN5OS. The van der Waals surface area contributed by atoms with Crippen LogP contribution in [-0.4, -0.2) is 33.9 Å². The second-order valence-electron chi connectivity index (χ2n) is 8.65. The van der Waals surface area contributed by atoms with Crippen molar-refractivity contribution in [2.75, 3.05) is 12.4 Å². The van der Waals surface area contributed by atoms with Gasteiger partial charge in [-0.15, -0.1) is 11.3 Å². The first-order valence-electron chi connectivity index (χ1n) is 11.3. The Bertz CT molecular complexity index is 1310. The summed E-state index contributed by atoms with van der Waals surface area (Å²) in [4.78, 5) is 22.0. The summed E-state index contributed by atoms with van der Waals surface area (Å²) in [6.07, 6.45) is 7.23. The van der Waals surface area contributed by atoms with Crippen molar-refractivity contribution in [2.45, 2.75) is 40.0 Å². The van der Waals surface area contributed by atoms with Crippen LogP contribution in [0, 0.1) is 18.7 Å². The fourth-order valence-corrected chi connectivity index (χ4v) is 5.21. The fraction of sp³-hybridized carbons (Fsp3) is 0.308. The predicted molar refractivity (Wildman–Crippen MR) is 137 cm³/mol. The normalized spacial score (nSPS) is 13.3. The van der Waals surface area contributed by atoms with E-state index in [9.17, 15) is 4.79 Å². The van der Waals surface area contributed by atoms with Gasteiger partial charge in [-0.25, -0.2) is 14.1 Å². The molecule has 0 spiro atoms. The number of allylic oxidation sites excluding steroid dienone is 3. The molecule has 6 nitrogen and oxygen atoms in total. The molecule has 0 radical (unpaired) electrons. The Labute approximate surface area is 203 Å². The monoisotopic (exact) mass is 477 g/mol. The molecule has 0 saturated heterocycles. The first-order valence-corrected chi connectivity index (χ1v) is 12.1. The average molecular weight is 478 g/mol. The number of carbonyl (C=O) groups is 1. The van der Waals surface area contributed by atoms with Crippen LogP contribution in [0.2, 0.25) is 0 Å². The van der Waals surface area contributed by atoms with E-state index in [0.29, 0.717) is 17.8 Å². The number of fused-ring (bicyclic) bond motifs is 3. The highest BCUT2D eigenvalue weighted by atomic mass is 32.1. The van der Waals surface area contributed by atoms with Gasteiger partial charge in [0.15, 0.2) is 5.82 Å². The van der Waals surface area contributed by atoms with Crippen LogP contribution in [0.4, 0.5) is 10.1 Å². The zero-order valence-corrected chi connectivity index (χ0v) is 20.7. The van der Waals surface area contributed by atoms with E-state index in [-0.39, 0.29) is 11.8 Å². The number of nitrogens with one attached hydrogen (secondary N) is 1. The Kier molecular flexibility index (Phi) is 6.88. The summed E-state index contributed by atoms with van der Waals surface area (Å²) in [5.41, 5.74) is 5.22. The Morgan fingerprint density at radius 2 is 2.18 bits per heavy atom. The summed E-state index contributed by atoms with van der Waals surface area (Å²) in [6, 6.07) is 4.71. The number of aromatic nitrogens is 3. The van der Waals surface area contributed by atoms with E-state index in [1.165, 1.54) is 6.07 Å². The summed E-state index contributed by atoms with van der Waals surface area (Å²) >= 11 is 1.59. The molecule has 0 saturated carbocycles. The van der Waals surface area contributed by atoms with Crippen molar-refractivity contribution in [3.8, 4) is 16.3 Å². The van der Waals surface area contributed by atoms with Crippen LogP contribution in [0.15, 0.2) is 41.9 Å². The molecule has 0 bridgehead atoms. The van der Waals surface area contributed by atoms with Gasteiger partial charge in [0.05, 0.1) is 27.0 Å². The Hall–Kier alpha value is -3.39. The number of halogens is 1. The lowest BCUT2D eigenvalue weighted by Crippen LogP contribution is -2.14. The number of anilines is 1. The highest BCUT2D eigenvalue weighted by Gasteiger charge is 2.30. The molecule has 1 amide bonds. The van der Waals surface area contributed by atoms with Gasteiger partial charge in [-0.2, -0.15) is 5.10 Å². The van der Waals surface area contributed by atoms with Gasteiger partial charge in [0.1, 0.15) is 5.69 Å². The molecule has 176 valence electrons. The molecule has 1 N–H and O–H groups in total. The molecule has 2 heterocycles. The minimum absolute atomic E-state index is 0.135. The zero-order chi connectivity index (χ0) is 24.4. The van der Waals surface area contributed by atoms with Crippen molar-refractivity contribution in [2.24, 2.45) is 10.9 Å². The molecule has 2 aromatic heterocycles. The van der Waals surface area contributed by atoms with Gasteiger partial charge in [0.2, 0.25) is 5.91 Å². The van der Waals surface area contributed by atoms with E-state index in [0.717, 1.165) is 50.9 Å². The lowest BCUT2D eigenvalue weighted by molar-refractivity contribution is -0.116. The van der Waals surface area contributed by atoms with Gasteiger partial charge in [-0.1, -0.05) is 32.6 Å². The van der Waals surface area contributed by atoms with Gasteiger partial charge in [-0.05, 0) is 43.9 Å².